The van der Waals surface area contributed by atoms with Crippen LogP contribution in [0, 0.1) is 5.92 Å². The van der Waals surface area contributed by atoms with Gasteiger partial charge in [0.05, 0.1) is 0 Å². The molecule has 0 aliphatic heterocycles. The fourth-order valence-corrected chi connectivity index (χ4v) is 1.48. The lowest BCUT2D eigenvalue weighted by Crippen LogP contribution is -2.51. The first-order chi connectivity index (χ1) is 6.11. The number of aliphatic carboxylic acids is 1. The molecule has 0 saturated heterocycles. The fourth-order valence-electron chi connectivity index (χ4n) is 1.48. The monoisotopic (exact) mass is 187 g/mol. The Bertz CT molecular complexity index is 191. The van der Waals surface area contributed by atoms with Crippen molar-refractivity contribution in [1.82, 2.24) is 5.32 Å². The molecule has 3 N–H and O–H groups in total. The Morgan fingerprint density at radius 3 is 2.62 bits per heavy atom. The summed E-state index contributed by atoms with van der Waals surface area (Å²) >= 11 is 0. The lowest BCUT2D eigenvalue weighted by atomic mass is 9.96. The Morgan fingerprint density at radius 2 is 2.23 bits per heavy atom. The molecule has 1 saturated carbocycles. The maximum Gasteiger partial charge on any atom is 0.323 e. The summed E-state index contributed by atoms with van der Waals surface area (Å²) in [4.78, 5) is 11.0. The average molecular weight is 187 g/mol. The molecule has 0 bridgehead atoms. The first-order valence-corrected chi connectivity index (χ1v) is 4.70. The van der Waals surface area contributed by atoms with E-state index in [1.54, 1.807) is 6.92 Å². The second kappa shape index (κ2) is 4.07. The molecule has 4 nitrogen and oxygen atoms in total. The van der Waals surface area contributed by atoms with Crippen LogP contribution in [0.4, 0.5) is 0 Å². The molecule has 0 aromatic rings. The average Bonchev–Trinajstić information content (AvgIpc) is 2.86. The number of carbonyl (C=O) groups is 1. The first-order valence-electron chi connectivity index (χ1n) is 4.70. The molecule has 1 atom stereocenters. The summed E-state index contributed by atoms with van der Waals surface area (Å²) in [7, 11) is 0. The topological polar surface area (TPSA) is 69.6 Å². The lowest BCUT2D eigenvalue weighted by molar-refractivity contribution is -0.145. The van der Waals surface area contributed by atoms with Crippen molar-refractivity contribution in [3.8, 4) is 0 Å². The summed E-state index contributed by atoms with van der Waals surface area (Å²) in [6.07, 6.45) is 2.60. The molecule has 1 fully saturated rings. The van der Waals surface area contributed by atoms with Gasteiger partial charge in [0.1, 0.15) is 5.54 Å². The van der Waals surface area contributed by atoms with Crippen molar-refractivity contribution in [2.75, 3.05) is 13.2 Å². The van der Waals surface area contributed by atoms with E-state index >= 15 is 0 Å². The SMILES string of the molecule is CC(NCCCO)(C(=O)O)C1CC1. The molecule has 0 spiro atoms. The van der Waals surface area contributed by atoms with Gasteiger partial charge >= 0.3 is 5.97 Å². The van der Waals surface area contributed by atoms with Crippen LogP contribution in [0.15, 0.2) is 0 Å². The number of nitrogens with one attached hydrogen (secondary N) is 1. The van der Waals surface area contributed by atoms with E-state index in [1.165, 1.54) is 0 Å². The number of carboxylic acid groups (broad SMARTS) is 1. The molecule has 1 rings (SSSR count). The third-order valence-electron chi connectivity index (χ3n) is 2.67. The van der Waals surface area contributed by atoms with Crippen LogP contribution in [0.3, 0.4) is 0 Å². The second-order valence-corrected chi connectivity index (χ2v) is 3.79. The largest absolute Gasteiger partial charge is 0.480 e. The maximum absolute atomic E-state index is 11.0. The molecule has 1 aliphatic rings. The first kappa shape index (κ1) is 10.5. The van der Waals surface area contributed by atoms with Gasteiger partial charge in [-0.25, -0.2) is 0 Å². The normalized spacial score (nSPS) is 21.1. The number of aliphatic hydroxyl groups is 1. The number of aliphatic hydroxyl groups excluding tert-OH is 1. The molecule has 1 aliphatic carbocycles. The van der Waals surface area contributed by atoms with E-state index in [4.69, 9.17) is 10.2 Å². The van der Waals surface area contributed by atoms with Crippen molar-refractivity contribution < 1.29 is 15.0 Å². The summed E-state index contributed by atoms with van der Waals surface area (Å²) in [5, 5.41) is 20.6. The standard InChI is InChI=1S/C9H17NO3/c1-9(8(12)13,7-3-4-7)10-5-2-6-11/h7,10-11H,2-6H2,1H3,(H,12,13). The van der Waals surface area contributed by atoms with Crippen molar-refractivity contribution in [1.29, 1.82) is 0 Å². The van der Waals surface area contributed by atoms with E-state index in [0.717, 1.165) is 12.8 Å². The van der Waals surface area contributed by atoms with Gasteiger partial charge in [-0.2, -0.15) is 0 Å². The van der Waals surface area contributed by atoms with Crippen LogP contribution < -0.4 is 5.32 Å². The highest BCUT2D eigenvalue weighted by atomic mass is 16.4. The second-order valence-electron chi connectivity index (χ2n) is 3.79. The molecule has 0 aromatic heterocycles. The Hall–Kier alpha value is -0.610. The maximum atomic E-state index is 11.0. The molecule has 1 unspecified atom stereocenters. The van der Waals surface area contributed by atoms with Crippen molar-refractivity contribution in [2.24, 2.45) is 5.92 Å². The minimum absolute atomic E-state index is 0.105. The van der Waals surface area contributed by atoms with Gasteiger partial charge in [-0.3, -0.25) is 4.79 Å². The van der Waals surface area contributed by atoms with Crippen LogP contribution in [0.25, 0.3) is 0 Å². The smallest absolute Gasteiger partial charge is 0.323 e. The van der Waals surface area contributed by atoms with Crippen LogP contribution in [0.5, 0.6) is 0 Å². The highest BCUT2D eigenvalue weighted by molar-refractivity contribution is 5.79. The Kier molecular flexibility index (Phi) is 3.27. The van der Waals surface area contributed by atoms with Crippen molar-refractivity contribution in [2.45, 2.75) is 31.7 Å². The molecule has 4 heteroatoms. The van der Waals surface area contributed by atoms with Crippen LogP contribution in [-0.2, 0) is 4.79 Å². The molecular formula is C9H17NO3. The third kappa shape index (κ3) is 2.42. The van der Waals surface area contributed by atoms with Gasteiger partial charge in [-0.15, -0.1) is 0 Å². The van der Waals surface area contributed by atoms with E-state index in [2.05, 4.69) is 5.32 Å². The molecule has 0 aromatic carbocycles. The number of hydrogen-bond donors (Lipinski definition) is 3. The quantitative estimate of drug-likeness (QED) is 0.520. The number of hydrogen-bond acceptors (Lipinski definition) is 3. The van der Waals surface area contributed by atoms with E-state index in [-0.39, 0.29) is 12.5 Å². The van der Waals surface area contributed by atoms with Crippen LogP contribution in [-0.4, -0.2) is 34.9 Å². The van der Waals surface area contributed by atoms with Gasteiger partial charge in [0.25, 0.3) is 0 Å². The number of carboxylic acids is 1. The van der Waals surface area contributed by atoms with Crippen LogP contribution in [0.1, 0.15) is 26.2 Å². The van der Waals surface area contributed by atoms with Gasteiger partial charge < -0.3 is 15.5 Å². The van der Waals surface area contributed by atoms with Gasteiger partial charge in [-0.1, -0.05) is 0 Å². The molecule has 76 valence electrons. The third-order valence-corrected chi connectivity index (χ3v) is 2.67. The predicted octanol–water partition coefficient (Wildman–Crippen LogP) is 0.212. The molecule has 0 amide bonds. The minimum Gasteiger partial charge on any atom is -0.480 e. The predicted molar refractivity (Wildman–Crippen MR) is 48.5 cm³/mol. The zero-order chi connectivity index (χ0) is 9.90. The lowest BCUT2D eigenvalue weighted by Gasteiger charge is -2.26. The highest BCUT2D eigenvalue weighted by Gasteiger charge is 2.46. The number of rotatable bonds is 6. The summed E-state index contributed by atoms with van der Waals surface area (Å²) in [6, 6.07) is 0. The highest BCUT2D eigenvalue weighted by Crippen LogP contribution is 2.39. The molecular weight excluding hydrogens is 170 g/mol. The van der Waals surface area contributed by atoms with Gasteiger partial charge in [0.15, 0.2) is 0 Å². The summed E-state index contributed by atoms with van der Waals surface area (Å²) in [5.74, 6) is -0.517. The van der Waals surface area contributed by atoms with E-state index < -0.39 is 11.5 Å². The van der Waals surface area contributed by atoms with Gasteiger partial charge in [0, 0.05) is 6.61 Å². The van der Waals surface area contributed by atoms with Gasteiger partial charge in [0.2, 0.25) is 0 Å². The molecule has 0 heterocycles. The van der Waals surface area contributed by atoms with E-state index in [1.807, 2.05) is 0 Å². The summed E-state index contributed by atoms with van der Waals surface area (Å²) < 4.78 is 0. The zero-order valence-electron chi connectivity index (χ0n) is 7.92. The molecule has 0 radical (unpaired) electrons. The Labute approximate surface area is 78.0 Å². The van der Waals surface area contributed by atoms with E-state index in [9.17, 15) is 4.79 Å². The zero-order valence-corrected chi connectivity index (χ0v) is 7.92. The van der Waals surface area contributed by atoms with Crippen LogP contribution in [0.2, 0.25) is 0 Å². The molecule has 13 heavy (non-hydrogen) atoms. The summed E-state index contributed by atoms with van der Waals surface area (Å²) in [5.41, 5.74) is -0.783. The summed E-state index contributed by atoms with van der Waals surface area (Å²) in [6.45, 7) is 2.40. The Morgan fingerprint density at radius 1 is 1.62 bits per heavy atom. The minimum atomic E-state index is -0.784. The Balaban J connectivity index is 2.42. The van der Waals surface area contributed by atoms with Crippen molar-refractivity contribution in [3.63, 3.8) is 0 Å². The van der Waals surface area contributed by atoms with E-state index in [0.29, 0.717) is 13.0 Å². The fraction of sp³-hybridized carbons (Fsp3) is 0.889. The van der Waals surface area contributed by atoms with Crippen LogP contribution >= 0.6 is 0 Å². The van der Waals surface area contributed by atoms with Crippen molar-refractivity contribution >= 4 is 5.97 Å². The van der Waals surface area contributed by atoms with Crippen molar-refractivity contribution in [3.05, 3.63) is 0 Å². The van der Waals surface area contributed by atoms with Gasteiger partial charge in [-0.05, 0) is 38.6 Å².